The number of ether oxygens (including phenoxy) is 2. The molecule has 2 aromatic heterocycles. The van der Waals surface area contributed by atoms with E-state index in [4.69, 9.17) is 9.47 Å². The van der Waals surface area contributed by atoms with Crippen LogP contribution in [-0.4, -0.2) is 50.4 Å². The van der Waals surface area contributed by atoms with E-state index in [1.54, 1.807) is 18.2 Å². The highest BCUT2D eigenvalue weighted by Crippen LogP contribution is 2.26. The van der Waals surface area contributed by atoms with Crippen LogP contribution >= 0.6 is 11.3 Å². The van der Waals surface area contributed by atoms with E-state index in [1.807, 2.05) is 24.4 Å². The van der Waals surface area contributed by atoms with Crippen LogP contribution in [0.15, 0.2) is 58.8 Å². The molecule has 3 aromatic rings. The molecule has 1 aromatic carbocycles. The van der Waals surface area contributed by atoms with Crippen LogP contribution in [0.5, 0.6) is 0 Å². The maximum Gasteiger partial charge on any atom is 0.339 e. The molecule has 0 N–H and O–H groups in total. The number of rotatable bonds is 8. The summed E-state index contributed by atoms with van der Waals surface area (Å²) in [4.78, 5) is 29.8. The van der Waals surface area contributed by atoms with E-state index in [0.717, 1.165) is 14.7 Å². The van der Waals surface area contributed by atoms with E-state index >= 15 is 0 Å². The molecule has 32 heavy (non-hydrogen) atoms. The lowest BCUT2D eigenvalue weighted by Gasteiger charge is -2.22. The first-order valence-corrected chi connectivity index (χ1v) is 11.8. The van der Waals surface area contributed by atoms with Crippen molar-refractivity contribution in [1.29, 1.82) is 0 Å². The molecule has 0 fully saturated rings. The molecule has 0 aliphatic heterocycles. The molecular weight excluding hydrogens is 452 g/mol. The molecule has 2 heterocycles. The van der Waals surface area contributed by atoms with Gasteiger partial charge in [0.15, 0.2) is 0 Å². The highest BCUT2D eigenvalue weighted by atomic mass is 32.2. The molecule has 168 valence electrons. The number of thiophene rings is 1. The number of aryl methyl sites for hydroxylation is 1. The van der Waals surface area contributed by atoms with Gasteiger partial charge in [-0.25, -0.2) is 18.2 Å². The third-order valence-corrected chi connectivity index (χ3v) is 7.37. The number of aromatic nitrogens is 1. The summed E-state index contributed by atoms with van der Waals surface area (Å²) in [6.45, 7) is 0.971. The molecular formula is C22H22N2O6S2. The van der Waals surface area contributed by atoms with Gasteiger partial charge in [0.05, 0.1) is 47.5 Å². The van der Waals surface area contributed by atoms with Gasteiger partial charge in [-0.2, -0.15) is 4.31 Å². The van der Waals surface area contributed by atoms with E-state index in [1.165, 1.54) is 43.8 Å². The fraction of sp³-hybridized carbons (Fsp3) is 0.227. The molecule has 0 spiro atoms. The Labute approximate surface area is 190 Å². The van der Waals surface area contributed by atoms with Crippen LogP contribution < -0.4 is 0 Å². The van der Waals surface area contributed by atoms with Crippen molar-refractivity contribution in [1.82, 2.24) is 9.29 Å². The van der Waals surface area contributed by atoms with Crippen LogP contribution in [0, 0.1) is 6.92 Å². The number of hydrogen-bond donors (Lipinski definition) is 0. The first kappa shape index (κ1) is 23.6. The number of esters is 2. The van der Waals surface area contributed by atoms with Crippen LogP contribution in [-0.2, 0) is 30.8 Å². The Bertz CT molecular complexity index is 1210. The van der Waals surface area contributed by atoms with Gasteiger partial charge in [0, 0.05) is 0 Å². The second-order valence-corrected chi connectivity index (χ2v) is 9.71. The molecule has 0 atom stereocenters. The van der Waals surface area contributed by atoms with Crippen LogP contribution in [0.25, 0.3) is 10.6 Å². The summed E-state index contributed by atoms with van der Waals surface area (Å²) in [5.41, 5.74) is 1.75. The molecule has 0 unspecified atom stereocenters. The van der Waals surface area contributed by atoms with Crippen molar-refractivity contribution in [2.75, 3.05) is 20.8 Å². The van der Waals surface area contributed by atoms with Crippen molar-refractivity contribution >= 4 is 33.3 Å². The van der Waals surface area contributed by atoms with Gasteiger partial charge in [-0.1, -0.05) is 23.8 Å². The quantitative estimate of drug-likeness (QED) is 0.462. The van der Waals surface area contributed by atoms with Gasteiger partial charge in [0.2, 0.25) is 10.0 Å². The molecule has 0 aliphatic carbocycles. The zero-order chi connectivity index (χ0) is 23.3. The average Bonchev–Trinajstić information content (AvgIpc) is 3.33. The Morgan fingerprint density at radius 3 is 2.34 bits per heavy atom. The van der Waals surface area contributed by atoms with Crippen molar-refractivity contribution in [3.8, 4) is 10.6 Å². The van der Waals surface area contributed by atoms with Gasteiger partial charge in [0.1, 0.15) is 6.54 Å². The Kier molecular flexibility index (Phi) is 7.39. The highest BCUT2D eigenvalue weighted by molar-refractivity contribution is 7.89. The topological polar surface area (TPSA) is 103 Å². The van der Waals surface area contributed by atoms with E-state index in [2.05, 4.69) is 4.98 Å². The third kappa shape index (κ3) is 5.21. The monoisotopic (exact) mass is 474 g/mol. The van der Waals surface area contributed by atoms with E-state index in [9.17, 15) is 18.0 Å². The average molecular weight is 475 g/mol. The molecule has 0 saturated heterocycles. The first-order chi connectivity index (χ1) is 15.3. The Morgan fingerprint density at radius 1 is 1.03 bits per heavy atom. The van der Waals surface area contributed by atoms with Gasteiger partial charge >= 0.3 is 11.9 Å². The van der Waals surface area contributed by atoms with Gasteiger partial charge in [-0.05, 0) is 42.6 Å². The highest BCUT2D eigenvalue weighted by Gasteiger charge is 2.29. The first-order valence-electron chi connectivity index (χ1n) is 9.52. The van der Waals surface area contributed by atoms with E-state index in [0.29, 0.717) is 5.69 Å². The van der Waals surface area contributed by atoms with Gasteiger partial charge < -0.3 is 9.47 Å². The summed E-state index contributed by atoms with van der Waals surface area (Å²) in [6.07, 6.45) is 0. The van der Waals surface area contributed by atoms with Crippen molar-refractivity contribution < 1.29 is 27.5 Å². The normalized spacial score (nSPS) is 11.4. The van der Waals surface area contributed by atoms with Gasteiger partial charge in [-0.3, -0.25) is 4.79 Å². The van der Waals surface area contributed by atoms with Gasteiger partial charge in [0.25, 0.3) is 0 Å². The minimum absolute atomic E-state index is 0.0148. The maximum absolute atomic E-state index is 13.3. The lowest BCUT2D eigenvalue weighted by molar-refractivity contribution is -0.140. The van der Waals surface area contributed by atoms with Crippen LogP contribution in [0.2, 0.25) is 0 Å². The van der Waals surface area contributed by atoms with Gasteiger partial charge in [-0.15, -0.1) is 11.3 Å². The minimum Gasteiger partial charge on any atom is -0.468 e. The van der Waals surface area contributed by atoms with Crippen molar-refractivity contribution in [2.24, 2.45) is 0 Å². The molecule has 0 aliphatic rings. The minimum atomic E-state index is -4.09. The summed E-state index contributed by atoms with van der Waals surface area (Å²) < 4.78 is 37.2. The maximum atomic E-state index is 13.3. The number of pyridine rings is 1. The van der Waals surface area contributed by atoms with Crippen LogP contribution in [0.1, 0.15) is 21.6 Å². The molecule has 8 nitrogen and oxygen atoms in total. The lowest BCUT2D eigenvalue weighted by atomic mass is 10.1. The van der Waals surface area contributed by atoms with Crippen molar-refractivity contribution in [2.45, 2.75) is 18.4 Å². The number of hydrogen-bond acceptors (Lipinski definition) is 8. The molecule has 3 rings (SSSR count). The second kappa shape index (κ2) is 10.0. The number of sulfonamides is 1. The zero-order valence-electron chi connectivity index (χ0n) is 17.8. The summed E-state index contributed by atoms with van der Waals surface area (Å²) in [5.74, 6) is -1.40. The Balaban J connectivity index is 2.08. The zero-order valence-corrected chi connectivity index (χ0v) is 19.4. The van der Waals surface area contributed by atoms with Crippen LogP contribution in [0.3, 0.4) is 0 Å². The molecule has 0 amide bonds. The largest absolute Gasteiger partial charge is 0.468 e. The Morgan fingerprint density at radius 2 is 1.75 bits per heavy atom. The fourth-order valence-electron chi connectivity index (χ4n) is 2.94. The molecule has 10 heteroatoms. The number of carbonyl (C=O) groups excluding carboxylic acids is 2. The summed E-state index contributed by atoms with van der Waals surface area (Å²) in [6, 6.07) is 13.2. The SMILES string of the molecule is COC(=O)CN(Cc1nc(-c2cccs2)ccc1C(=O)OC)S(=O)(=O)c1ccc(C)cc1. The molecule has 0 saturated carbocycles. The smallest absolute Gasteiger partial charge is 0.339 e. The van der Waals surface area contributed by atoms with E-state index in [-0.39, 0.29) is 22.7 Å². The molecule has 0 radical (unpaired) electrons. The number of benzene rings is 1. The fourth-order valence-corrected chi connectivity index (χ4v) is 4.98. The summed E-state index contributed by atoms with van der Waals surface area (Å²) in [5, 5.41) is 1.89. The van der Waals surface area contributed by atoms with E-state index < -0.39 is 28.5 Å². The lowest BCUT2D eigenvalue weighted by Crippen LogP contribution is -2.36. The second-order valence-electron chi connectivity index (χ2n) is 6.82. The summed E-state index contributed by atoms with van der Waals surface area (Å²) in [7, 11) is -1.69. The number of nitrogens with zero attached hydrogens (tertiary/aromatic N) is 2. The van der Waals surface area contributed by atoms with Crippen LogP contribution in [0.4, 0.5) is 0 Å². The third-order valence-electron chi connectivity index (χ3n) is 4.67. The standard InChI is InChI=1S/C22H22N2O6S2/c1-15-6-8-16(9-7-15)32(27,28)24(14-21(25)29-2)13-19-17(22(26)30-3)10-11-18(23-19)20-5-4-12-31-20/h4-12H,13-14H2,1-3H3. The Hall–Kier alpha value is -3.08. The summed E-state index contributed by atoms with van der Waals surface area (Å²) >= 11 is 1.46. The van der Waals surface area contributed by atoms with Crippen molar-refractivity contribution in [3.63, 3.8) is 0 Å². The number of carbonyl (C=O) groups is 2. The predicted octanol–water partition coefficient (Wildman–Crippen LogP) is 3.27. The molecule has 0 bridgehead atoms. The number of methoxy groups -OCH3 is 2. The van der Waals surface area contributed by atoms with Crippen molar-refractivity contribution in [3.05, 3.63) is 70.7 Å². The predicted molar refractivity (Wildman–Crippen MR) is 120 cm³/mol.